The van der Waals surface area contributed by atoms with Crippen molar-refractivity contribution in [3.63, 3.8) is 0 Å². The average molecular weight is 709 g/mol. The predicted octanol–water partition coefficient (Wildman–Crippen LogP) is 8.73. The van der Waals surface area contributed by atoms with Gasteiger partial charge in [0.25, 0.3) is 5.91 Å². The number of hydrogen-bond acceptors (Lipinski definition) is 6. The van der Waals surface area contributed by atoms with Crippen molar-refractivity contribution in [2.75, 3.05) is 0 Å². The second-order valence-corrected chi connectivity index (χ2v) is 14.1. The monoisotopic (exact) mass is 707 g/mol. The van der Waals surface area contributed by atoms with Gasteiger partial charge in [-0.25, -0.2) is 4.98 Å². The SMILES string of the molecule is Cc1c(-c2ccccc2)nc2ccc(Br)cc2c1C(=O)NC12CCC(C(=O)OC(C)(C)C)(C=C1c1ncccc1OC(F)(F)F)CC2. The average Bonchev–Trinajstić information content (AvgIpc) is 3.00. The lowest BCUT2D eigenvalue weighted by Gasteiger charge is -2.51. The van der Waals surface area contributed by atoms with E-state index in [-0.39, 0.29) is 24.1 Å². The molecule has 244 valence electrons. The van der Waals surface area contributed by atoms with Crippen molar-refractivity contribution >= 4 is 44.3 Å². The highest BCUT2D eigenvalue weighted by molar-refractivity contribution is 9.10. The van der Waals surface area contributed by atoms with Crippen molar-refractivity contribution in [2.24, 2.45) is 5.41 Å². The standard InChI is InChI=1S/C36H33BrF3N3O4/c1-21-28(24-19-23(37)12-13-26(24)42-29(21)22-9-6-5-7-10-22)31(44)43-35-16-14-34(15-17-35,32(45)47-33(2,3)4)20-25(35)30-27(11-8-18-41-30)46-36(38,39)40/h5-13,18-20H,14-17H2,1-4H3,(H,43,44). The first-order valence-corrected chi connectivity index (χ1v) is 16.0. The number of alkyl halides is 3. The number of amides is 1. The number of hydrogen-bond donors (Lipinski definition) is 1. The summed E-state index contributed by atoms with van der Waals surface area (Å²) in [5.74, 6) is -1.41. The minimum absolute atomic E-state index is 0.0958. The Labute approximate surface area is 278 Å². The molecule has 1 fully saturated rings. The number of halogens is 4. The minimum Gasteiger partial charge on any atom is -0.459 e. The molecule has 11 heteroatoms. The molecule has 0 atom stereocenters. The summed E-state index contributed by atoms with van der Waals surface area (Å²) in [5, 5.41) is 3.85. The van der Waals surface area contributed by atoms with Gasteiger partial charge in [-0.15, -0.1) is 13.2 Å². The van der Waals surface area contributed by atoms with Crippen LogP contribution in [0.5, 0.6) is 5.75 Å². The molecule has 0 spiro atoms. The molecule has 0 saturated heterocycles. The smallest absolute Gasteiger partial charge is 0.459 e. The Bertz CT molecular complexity index is 1910. The van der Waals surface area contributed by atoms with Gasteiger partial charge in [-0.2, -0.15) is 0 Å². The molecule has 3 aliphatic rings. The maximum absolute atomic E-state index is 14.6. The van der Waals surface area contributed by atoms with Crippen LogP contribution in [0.2, 0.25) is 0 Å². The predicted molar refractivity (Wildman–Crippen MR) is 175 cm³/mol. The molecule has 2 heterocycles. The van der Waals surface area contributed by atoms with E-state index < -0.39 is 40.5 Å². The zero-order chi connectivity index (χ0) is 33.8. The summed E-state index contributed by atoms with van der Waals surface area (Å²) in [6.45, 7) is 7.13. The van der Waals surface area contributed by atoms with Gasteiger partial charge in [-0.05, 0) is 89.3 Å². The molecule has 3 aliphatic carbocycles. The number of carbonyl (C=O) groups excluding carboxylic acids is 2. The van der Waals surface area contributed by atoms with Crippen molar-refractivity contribution in [1.82, 2.24) is 15.3 Å². The number of pyridine rings is 2. The van der Waals surface area contributed by atoms with E-state index in [0.29, 0.717) is 40.6 Å². The van der Waals surface area contributed by atoms with E-state index in [1.807, 2.05) is 55.5 Å². The lowest BCUT2D eigenvalue weighted by molar-refractivity contribution is -0.274. The van der Waals surface area contributed by atoms with Crippen LogP contribution in [0, 0.1) is 12.3 Å². The van der Waals surface area contributed by atoms with Crippen LogP contribution in [0.15, 0.2) is 77.4 Å². The summed E-state index contributed by atoms with van der Waals surface area (Å²) in [4.78, 5) is 37.4. The number of esters is 1. The Morgan fingerprint density at radius 2 is 1.64 bits per heavy atom. The first-order valence-electron chi connectivity index (χ1n) is 15.3. The molecule has 2 aromatic carbocycles. The first kappa shape index (κ1) is 32.7. The zero-order valence-electron chi connectivity index (χ0n) is 26.3. The third kappa shape index (κ3) is 6.37. The Kier molecular flexibility index (Phi) is 8.18. The molecule has 1 saturated carbocycles. The van der Waals surface area contributed by atoms with Crippen LogP contribution >= 0.6 is 15.9 Å². The van der Waals surface area contributed by atoms with E-state index in [1.165, 1.54) is 18.3 Å². The number of aromatic nitrogens is 2. The Balaban J connectivity index is 1.50. The molecule has 0 unspecified atom stereocenters. The van der Waals surface area contributed by atoms with E-state index in [1.54, 1.807) is 26.8 Å². The first-order chi connectivity index (χ1) is 22.1. The van der Waals surface area contributed by atoms with Gasteiger partial charge in [0, 0.05) is 27.2 Å². The van der Waals surface area contributed by atoms with Crippen LogP contribution in [0.3, 0.4) is 0 Å². The maximum atomic E-state index is 14.6. The van der Waals surface area contributed by atoms with Gasteiger partial charge in [0.2, 0.25) is 0 Å². The fourth-order valence-corrected chi connectivity index (χ4v) is 7.02. The molecule has 0 aliphatic heterocycles. The number of fused-ring (bicyclic) bond motifs is 3. The van der Waals surface area contributed by atoms with Crippen LogP contribution in [-0.2, 0) is 9.53 Å². The number of rotatable bonds is 6. The van der Waals surface area contributed by atoms with Gasteiger partial charge in [0.1, 0.15) is 11.3 Å². The Morgan fingerprint density at radius 1 is 0.936 bits per heavy atom. The van der Waals surface area contributed by atoms with Crippen LogP contribution in [-0.4, -0.2) is 39.3 Å². The molecular weight excluding hydrogens is 675 g/mol. The lowest BCUT2D eigenvalue weighted by Crippen LogP contribution is -2.58. The van der Waals surface area contributed by atoms with Crippen molar-refractivity contribution in [1.29, 1.82) is 0 Å². The summed E-state index contributed by atoms with van der Waals surface area (Å²) in [7, 11) is 0. The second kappa shape index (κ2) is 11.8. The van der Waals surface area contributed by atoms with Crippen LogP contribution in [0.25, 0.3) is 27.7 Å². The molecule has 0 radical (unpaired) electrons. The lowest BCUT2D eigenvalue weighted by atomic mass is 9.57. The summed E-state index contributed by atoms with van der Waals surface area (Å²) in [6, 6.07) is 17.6. The third-order valence-electron chi connectivity index (χ3n) is 8.81. The summed E-state index contributed by atoms with van der Waals surface area (Å²) < 4.78 is 51.7. The van der Waals surface area contributed by atoms with Crippen molar-refractivity contribution in [2.45, 2.75) is 70.9 Å². The van der Waals surface area contributed by atoms with Gasteiger partial charge in [0.05, 0.1) is 27.7 Å². The highest BCUT2D eigenvalue weighted by atomic mass is 79.9. The quantitative estimate of drug-likeness (QED) is 0.202. The topological polar surface area (TPSA) is 90.4 Å². The van der Waals surface area contributed by atoms with Crippen LogP contribution in [0.4, 0.5) is 13.2 Å². The number of ether oxygens (including phenoxy) is 2. The van der Waals surface area contributed by atoms with E-state index in [9.17, 15) is 22.8 Å². The fraction of sp³-hybridized carbons (Fsp3) is 0.333. The molecule has 47 heavy (non-hydrogen) atoms. The third-order valence-corrected chi connectivity index (χ3v) is 9.30. The normalized spacial score (nSPS) is 20.9. The van der Waals surface area contributed by atoms with Crippen LogP contribution in [0.1, 0.15) is 68.1 Å². The number of carbonyl (C=O) groups is 2. The molecule has 1 N–H and O–H groups in total. The van der Waals surface area contributed by atoms with Crippen molar-refractivity contribution in [3.05, 3.63) is 94.2 Å². The molecule has 2 bridgehead atoms. The number of nitrogens with one attached hydrogen (secondary N) is 1. The van der Waals surface area contributed by atoms with E-state index in [4.69, 9.17) is 9.72 Å². The van der Waals surface area contributed by atoms with Crippen molar-refractivity contribution < 1.29 is 32.2 Å². The van der Waals surface area contributed by atoms with E-state index >= 15 is 0 Å². The van der Waals surface area contributed by atoms with Crippen molar-refractivity contribution in [3.8, 4) is 17.0 Å². The molecular formula is C36H33BrF3N3O4. The maximum Gasteiger partial charge on any atom is 0.573 e. The highest BCUT2D eigenvalue weighted by Crippen LogP contribution is 2.56. The number of nitrogens with zero attached hydrogens (tertiary/aromatic N) is 2. The molecule has 4 aromatic rings. The summed E-state index contributed by atoms with van der Waals surface area (Å²) in [5.41, 5.74) is 0.283. The Morgan fingerprint density at radius 3 is 2.30 bits per heavy atom. The van der Waals surface area contributed by atoms with Gasteiger partial charge < -0.3 is 14.8 Å². The van der Waals surface area contributed by atoms with E-state index in [0.717, 1.165) is 10.0 Å². The largest absolute Gasteiger partial charge is 0.573 e. The second-order valence-electron chi connectivity index (χ2n) is 13.1. The molecule has 7 nitrogen and oxygen atoms in total. The fourth-order valence-electron chi connectivity index (χ4n) is 6.66. The highest BCUT2D eigenvalue weighted by Gasteiger charge is 2.56. The summed E-state index contributed by atoms with van der Waals surface area (Å²) >= 11 is 3.52. The summed E-state index contributed by atoms with van der Waals surface area (Å²) in [6.07, 6.45) is -0.799. The minimum atomic E-state index is -4.99. The molecule has 7 rings (SSSR count). The van der Waals surface area contributed by atoms with Gasteiger partial charge in [-0.3, -0.25) is 14.6 Å². The van der Waals surface area contributed by atoms with Gasteiger partial charge >= 0.3 is 12.3 Å². The molecule has 2 aromatic heterocycles. The van der Waals surface area contributed by atoms with Crippen LogP contribution < -0.4 is 10.1 Å². The Hall–Kier alpha value is -4.25. The van der Waals surface area contributed by atoms with Gasteiger partial charge in [0.15, 0.2) is 5.75 Å². The molecule has 1 amide bonds. The number of benzene rings is 2. The van der Waals surface area contributed by atoms with E-state index in [2.05, 4.69) is 31.0 Å². The zero-order valence-corrected chi connectivity index (χ0v) is 27.9. The van der Waals surface area contributed by atoms with Gasteiger partial charge in [-0.1, -0.05) is 52.3 Å².